The molecule has 2 atom stereocenters. The van der Waals surface area contributed by atoms with E-state index in [9.17, 15) is 17.6 Å². The number of amidine groups is 1. The number of benzene rings is 2. The Kier molecular flexibility index (Phi) is 4.76. The number of hydrogen-bond donors (Lipinski definition) is 2. The van der Waals surface area contributed by atoms with Crippen molar-refractivity contribution in [2.75, 3.05) is 5.32 Å². The largest absolute Gasteiger partial charge is 0.452 e. The Morgan fingerprint density at radius 2 is 2.00 bits per heavy atom. The van der Waals surface area contributed by atoms with Crippen LogP contribution in [0, 0.1) is 5.82 Å². The second kappa shape index (κ2) is 7.05. The van der Waals surface area contributed by atoms with Crippen molar-refractivity contribution in [1.82, 2.24) is 4.98 Å². The second-order valence-corrected chi connectivity index (χ2v) is 7.46. The van der Waals surface area contributed by atoms with Crippen LogP contribution in [0.4, 0.5) is 29.3 Å². The van der Waals surface area contributed by atoms with Crippen molar-refractivity contribution in [2.45, 2.75) is 31.2 Å². The average molecular weight is 443 g/mol. The van der Waals surface area contributed by atoms with E-state index in [1.54, 1.807) is 18.2 Å². The minimum Gasteiger partial charge on any atom is -0.452 e. The van der Waals surface area contributed by atoms with Gasteiger partial charge in [-0.05, 0) is 43.3 Å². The summed E-state index contributed by atoms with van der Waals surface area (Å²) in [6, 6.07) is 8.21. The van der Waals surface area contributed by atoms with E-state index < -0.39 is 36.1 Å². The third-order valence-corrected chi connectivity index (χ3v) is 4.95. The smallest absolute Gasteiger partial charge is 0.425 e. The zero-order valence-corrected chi connectivity index (χ0v) is 16.2. The van der Waals surface area contributed by atoms with Crippen LogP contribution < -0.4 is 11.1 Å². The molecule has 0 amide bonds. The fourth-order valence-corrected chi connectivity index (χ4v) is 3.48. The fraction of sp³-hybridized carbons (Fsp3) is 0.263. The number of oxazole rings is 1. The first-order chi connectivity index (χ1) is 14.0. The number of fused-ring (bicyclic) bond motifs is 1. The second-order valence-electron chi connectivity index (χ2n) is 7.03. The first-order valence-corrected chi connectivity index (χ1v) is 9.13. The van der Waals surface area contributed by atoms with Crippen molar-refractivity contribution < 1.29 is 26.7 Å². The van der Waals surface area contributed by atoms with Crippen molar-refractivity contribution >= 4 is 40.4 Å². The van der Waals surface area contributed by atoms with Crippen LogP contribution in [0.5, 0.6) is 0 Å². The molecule has 0 fully saturated rings. The van der Waals surface area contributed by atoms with Crippen molar-refractivity contribution in [3.63, 3.8) is 0 Å². The molecule has 0 aliphatic carbocycles. The maximum absolute atomic E-state index is 14.6. The summed E-state index contributed by atoms with van der Waals surface area (Å²) in [5.74, 6) is -0.730. The molecule has 6 nitrogen and oxygen atoms in total. The predicted octanol–water partition coefficient (Wildman–Crippen LogP) is 5.25. The van der Waals surface area contributed by atoms with E-state index >= 15 is 0 Å². The lowest BCUT2D eigenvalue weighted by Gasteiger charge is -2.36. The number of aliphatic imine (C=N–C) groups is 1. The third-order valence-electron chi connectivity index (χ3n) is 4.72. The number of alkyl halides is 3. The molecule has 158 valence electrons. The van der Waals surface area contributed by atoms with Crippen molar-refractivity contribution in [1.29, 1.82) is 0 Å². The van der Waals surface area contributed by atoms with Crippen LogP contribution >= 0.6 is 11.6 Å². The van der Waals surface area contributed by atoms with Gasteiger partial charge in [-0.3, -0.25) is 0 Å². The van der Waals surface area contributed by atoms with Crippen molar-refractivity contribution in [3.05, 3.63) is 52.8 Å². The highest BCUT2D eigenvalue weighted by Crippen LogP contribution is 2.41. The molecule has 3 N–H and O–H groups in total. The van der Waals surface area contributed by atoms with Gasteiger partial charge < -0.3 is 20.2 Å². The minimum absolute atomic E-state index is 0.0767. The highest BCUT2D eigenvalue weighted by Gasteiger charge is 2.50. The molecule has 4 rings (SSSR count). The molecule has 0 spiro atoms. The van der Waals surface area contributed by atoms with Gasteiger partial charge in [-0.15, -0.1) is 0 Å². The van der Waals surface area contributed by atoms with Crippen LogP contribution in [0.3, 0.4) is 0 Å². The van der Waals surface area contributed by atoms with Crippen LogP contribution in [0.15, 0.2) is 45.8 Å². The van der Waals surface area contributed by atoms with E-state index in [-0.39, 0.29) is 11.6 Å². The summed E-state index contributed by atoms with van der Waals surface area (Å²) >= 11 is 5.93. The number of rotatable bonds is 3. The number of nitrogens with zero attached hydrogens (tertiary/aromatic N) is 2. The lowest BCUT2D eigenvalue weighted by molar-refractivity contribution is -0.208. The molecule has 0 saturated carbocycles. The van der Waals surface area contributed by atoms with Gasteiger partial charge in [-0.2, -0.15) is 18.2 Å². The standard InChI is InChI=1S/C19H15ClF4N4O2/c1-18(8-15(19(22,23)24)30-16(25)28-18)11-7-10(3-4-12(11)21)26-17-27-13-6-9(20)2-5-14(13)29-17/h2-7,15H,8H2,1H3,(H2,25,28)(H,26,27)/t15-,18-/m0/s1. The Labute approximate surface area is 172 Å². The number of aromatic nitrogens is 1. The Morgan fingerprint density at radius 3 is 2.73 bits per heavy atom. The first-order valence-electron chi connectivity index (χ1n) is 8.75. The van der Waals surface area contributed by atoms with E-state index in [1.807, 2.05) is 0 Å². The number of nitrogens with one attached hydrogen (secondary N) is 1. The molecule has 11 heteroatoms. The van der Waals surface area contributed by atoms with Gasteiger partial charge in [0.15, 0.2) is 11.7 Å². The lowest BCUT2D eigenvalue weighted by atomic mass is 9.85. The monoisotopic (exact) mass is 442 g/mol. The molecule has 3 aromatic rings. The molecule has 30 heavy (non-hydrogen) atoms. The normalized spacial score (nSPS) is 21.9. The van der Waals surface area contributed by atoms with E-state index in [2.05, 4.69) is 20.0 Å². The number of nitrogens with two attached hydrogens (primary N) is 1. The highest BCUT2D eigenvalue weighted by molar-refractivity contribution is 6.31. The Hall–Kier alpha value is -3.01. The van der Waals surface area contributed by atoms with E-state index in [1.165, 1.54) is 19.1 Å². The fourth-order valence-electron chi connectivity index (χ4n) is 3.31. The maximum Gasteiger partial charge on any atom is 0.425 e. The van der Waals surface area contributed by atoms with Gasteiger partial charge in [0, 0.05) is 22.7 Å². The van der Waals surface area contributed by atoms with E-state index in [4.69, 9.17) is 21.8 Å². The van der Waals surface area contributed by atoms with Crippen LogP contribution in [-0.4, -0.2) is 23.3 Å². The summed E-state index contributed by atoms with van der Waals surface area (Å²) in [6.07, 6.45) is -7.50. The molecule has 0 bridgehead atoms. The zero-order chi connectivity index (χ0) is 21.7. The maximum atomic E-state index is 14.6. The van der Waals surface area contributed by atoms with Gasteiger partial charge in [0.2, 0.25) is 0 Å². The van der Waals surface area contributed by atoms with Crippen LogP contribution in [0.2, 0.25) is 5.02 Å². The summed E-state index contributed by atoms with van der Waals surface area (Å²) in [6.45, 7) is 1.37. The lowest BCUT2D eigenvalue weighted by Crippen LogP contribution is -2.46. The molecule has 1 aliphatic rings. The molecule has 1 aromatic heterocycles. The van der Waals surface area contributed by atoms with Gasteiger partial charge in [0.25, 0.3) is 12.0 Å². The number of anilines is 2. The van der Waals surface area contributed by atoms with Crippen LogP contribution in [-0.2, 0) is 10.3 Å². The third kappa shape index (κ3) is 3.87. The van der Waals surface area contributed by atoms with Gasteiger partial charge in [0.1, 0.15) is 11.3 Å². The van der Waals surface area contributed by atoms with Crippen molar-refractivity contribution in [3.8, 4) is 0 Å². The summed E-state index contributed by atoms with van der Waals surface area (Å²) in [7, 11) is 0. The first kappa shape index (κ1) is 20.3. The number of halogens is 5. The summed E-state index contributed by atoms with van der Waals surface area (Å²) < 4.78 is 64.3. The number of ether oxygens (including phenoxy) is 1. The van der Waals surface area contributed by atoms with Gasteiger partial charge >= 0.3 is 6.18 Å². The summed E-state index contributed by atoms with van der Waals surface area (Å²) in [5.41, 5.74) is 5.12. The molecule has 2 aromatic carbocycles. The Balaban J connectivity index is 1.68. The van der Waals surface area contributed by atoms with Crippen LogP contribution in [0.1, 0.15) is 18.9 Å². The molecule has 2 heterocycles. The van der Waals surface area contributed by atoms with Crippen LogP contribution in [0.25, 0.3) is 11.1 Å². The molecular weight excluding hydrogens is 428 g/mol. The van der Waals surface area contributed by atoms with E-state index in [0.717, 1.165) is 6.07 Å². The SMILES string of the molecule is C[C@@]1(c2cc(Nc3nc4cc(Cl)ccc4o3)ccc2F)C[C@@H](C(F)(F)F)OC(N)=N1. The molecule has 0 unspecified atom stereocenters. The summed E-state index contributed by atoms with van der Waals surface area (Å²) in [4.78, 5) is 8.19. The topological polar surface area (TPSA) is 85.7 Å². The average Bonchev–Trinajstić information content (AvgIpc) is 3.03. The summed E-state index contributed by atoms with van der Waals surface area (Å²) in [5, 5.41) is 3.35. The Bertz CT molecular complexity index is 1150. The van der Waals surface area contributed by atoms with E-state index in [0.29, 0.717) is 21.8 Å². The van der Waals surface area contributed by atoms with Gasteiger partial charge in [-0.25, -0.2) is 9.38 Å². The molecular formula is C19H15ClF4N4O2. The predicted molar refractivity (Wildman–Crippen MR) is 103 cm³/mol. The minimum atomic E-state index is -4.67. The highest BCUT2D eigenvalue weighted by atomic mass is 35.5. The van der Waals surface area contributed by atoms with Gasteiger partial charge in [-0.1, -0.05) is 11.6 Å². The molecule has 0 radical (unpaired) electrons. The number of hydrogen-bond acceptors (Lipinski definition) is 6. The zero-order valence-electron chi connectivity index (χ0n) is 15.4. The Morgan fingerprint density at radius 1 is 1.23 bits per heavy atom. The van der Waals surface area contributed by atoms with Gasteiger partial charge in [0.05, 0.1) is 5.54 Å². The quantitative estimate of drug-likeness (QED) is 0.541. The molecule has 1 aliphatic heterocycles. The molecule has 0 saturated heterocycles. The van der Waals surface area contributed by atoms with Crippen molar-refractivity contribution in [2.24, 2.45) is 10.7 Å².